The van der Waals surface area contributed by atoms with Gasteiger partial charge in [0.1, 0.15) is 5.82 Å². The van der Waals surface area contributed by atoms with Crippen molar-refractivity contribution in [1.82, 2.24) is 29.1 Å². The lowest BCUT2D eigenvalue weighted by atomic mass is 10.2. The third-order valence-corrected chi connectivity index (χ3v) is 4.18. The van der Waals surface area contributed by atoms with Gasteiger partial charge in [0.05, 0.1) is 19.2 Å². The summed E-state index contributed by atoms with van der Waals surface area (Å²) in [6.45, 7) is 6.16. The number of β-amino-alcohol motifs (C(OH)–C–C–N with tert-alkyl or cyclic N) is 1. The minimum Gasteiger partial charge on any atom is -0.390 e. The number of aromatic nitrogens is 4. The van der Waals surface area contributed by atoms with Crippen molar-refractivity contribution in [2.45, 2.75) is 19.2 Å². The fourth-order valence-corrected chi connectivity index (χ4v) is 2.86. The van der Waals surface area contributed by atoms with Gasteiger partial charge in [0.25, 0.3) is 0 Å². The highest BCUT2D eigenvalue weighted by Crippen LogP contribution is 2.07. The van der Waals surface area contributed by atoms with E-state index < -0.39 is 0 Å². The van der Waals surface area contributed by atoms with Crippen molar-refractivity contribution in [2.24, 2.45) is 7.05 Å². The van der Waals surface area contributed by atoms with Crippen LogP contribution in [0.2, 0.25) is 0 Å². The molecule has 0 saturated carbocycles. The van der Waals surface area contributed by atoms with E-state index in [4.69, 9.17) is 0 Å². The van der Waals surface area contributed by atoms with Gasteiger partial charge in [-0.3, -0.25) is 14.5 Å². The van der Waals surface area contributed by atoms with E-state index in [-0.39, 0.29) is 6.10 Å². The maximum Gasteiger partial charge on any atom is 0.122 e. The van der Waals surface area contributed by atoms with Crippen molar-refractivity contribution in [2.75, 3.05) is 32.7 Å². The molecule has 0 aliphatic carbocycles. The van der Waals surface area contributed by atoms with E-state index in [1.165, 1.54) is 0 Å². The Morgan fingerprint density at radius 2 is 1.86 bits per heavy atom. The maximum atomic E-state index is 10.2. The van der Waals surface area contributed by atoms with E-state index in [1.54, 1.807) is 10.9 Å². The third-order valence-electron chi connectivity index (χ3n) is 4.18. The number of piperazine rings is 1. The number of rotatable bonds is 6. The Morgan fingerprint density at radius 3 is 2.50 bits per heavy atom. The molecule has 1 fully saturated rings. The van der Waals surface area contributed by atoms with Crippen LogP contribution in [-0.2, 0) is 20.1 Å². The van der Waals surface area contributed by atoms with Crippen LogP contribution in [0.4, 0.5) is 0 Å². The summed E-state index contributed by atoms with van der Waals surface area (Å²) in [6, 6.07) is 1.88. The lowest BCUT2D eigenvalue weighted by molar-refractivity contribution is 0.0596. The minimum absolute atomic E-state index is 0.374. The van der Waals surface area contributed by atoms with E-state index in [1.807, 2.05) is 31.7 Å². The molecule has 0 radical (unpaired) electrons. The average molecular weight is 304 g/mol. The first-order valence-corrected chi connectivity index (χ1v) is 7.77. The van der Waals surface area contributed by atoms with E-state index in [2.05, 4.69) is 24.4 Å². The Morgan fingerprint density at radius 1 is 1.09 bits per heavy atom. The van der Waals surface area contributed by atoms with Gasteiger partial charge >= 0.3 is 0 Å². The standard InChI is InChI=1S/C15H24N6O/c1-18-6-4-16-15(18)13-20-9-7-19(8-10-20)11-14(22)12-21-5-2-3-17-21/h2-6,14,22H,7-13H2,1H3. The minimum atomic E-state index is -0.374. The van der Waals surface area contributed by atoms with Crippen LogP contribution in [0, 0.1) is 0 Å². The zero-order valence-corrected chi connectivity index (χ0v) is 13.0. The molecule has 1 aliphatic rings. The molecule has 1 unspecified atom stereocenters. The Bertz CT molecular complexity index is 558. The molecule has 0 amide bonds. The van der Waals surface area contributed by atoms with Gasteiger partial charge in [-0.1, -0.05) is 0 Å². The molecule has 1 atom stereocenters. The lowest BCUT2D eigenvalue weighted by Gasteiger charge is -2.35. The molecule has 1 aliphatic heterocycles. The molecule has 1 saturated heterocycles. The Kier molecular flexibility index (Phi) is 4.87. The summed E-state index contributed by atoms with van der Waals surface area (Å²) >= 11 is 0. The summed E-state index contributed by atoms with van der Waals surface area (Å²) in [4.78, 5) is 9.11. The normalized spacial score (nSPS) is 18.6. The third kappa shape index (κ3) is 3.94. The van der Waals surface area contributed by atoms with Crippen molar-refractivity contribution in [3.05, 3.63) is 36.7 Å². The number of hydrogen-bond acceptors (Lipinski definition) is 5. The maximum absolute atomic E-state index is 10.2. The number of hydrogen-bond donors (Lipinski definition) is 1. The highest BCUT2D eigenvalue weighted by Gasteiger charge is 2.20. The fourth-order valence-electron chi connectivity index (χ4n) is 2.86. The van der Waals surface area contributed by atoms with Gasteiger partial charge in [-0.25, -0.2) is 4.98 Å². The Hall–Kier alpha value is -1.70. The quantitative estimate of drug-likeness (QED) is 0.800. The predicted molar refractivity (Wildman–Crippen MR) is 83.2 cm³/mol. The molecule has 2 aromatic rings. The zero-order valence-electron chi connectivity index (χ0n) is 13.0. The van der Waals surface area contributed by atoms with Crippen molar-refractivity contribution in [3.8, 4) is 0 Å². The monoisotopic (exact) mass is 304 g/mol. The molecule has 120 valence electrons. The molecule has 7 nitrogen and oxygen atoms in total. The summed E-state index contributed by atoms with van der Waals surface area (Å²) in [5.41, 5.74) is 0. The van der Waals surface area contributed by atoms with E-state index in [0.717, 1.165) is 38.5 Å². The van der Waals surface area contributed by atoms with E-state index in [0.29, 0.717) is 13.1 Å². The largest absolute Gasteiger partial charge is 0.390 e. The van der Waals surface area contributed by atoms with Crippen LogP contribution in [0.15, 0.2) is 30.9 Å². The van der Waals surface area contributed by atoms with E-state index in [9.17, 15) is 5.11 Å². The van der Waals surface area contributed by atoms with Crippen LogP contribution in [-0.4, -0.2) is 73.1 Å². The van der Waals surface area contributed by atoms with Gasteiger partial charge in [0.2, 0.25) is 0 Å². The fraction of sp³-hybridized carbons (Fsp3) is 0.600. The first kappa shape index (κ1) is 15.2. The number of imidazole rings is 1. The number of aryl methyl sites for hydroxylation is 1. The SMILES string of the molecule is Cn1ccnc1CN1CCN(CC(O)Cn2cccn2)CC1. The van der Waals surface area contributed by atoms with Crippen LogP contribution in [0.1, 0.15) is 5.82 Å². The Balaban J connectivity index is 1.41. The molecule has 3 rings (SSSR count). The molecule has 2 aromatic heterocycles. The van der Waals surface area contributed by atoms with Crippen LogP contribution in [0.3, 0.4) is 0 Å². The van der Waals surface area contributed by atoms with Crippen molar-refractivity contribution >= 4 is 0 Å². The summed E-state index contributed by atoms with van der Waals surface area (Å²) < 4.78 is 3.85. The Labute approximate surface area is 130 Å². The van der Waals surface area contributed by atoms with Crippen LogP contribution < -0.4 is 0 Å². The van der Waals surface area contributed by atoms with Crippen LogP contribution in [0.5, 0.6) is 0 Å². The van der Waals surface area contributed by atoms with Crippen LogP contribution in [0.25, 0.3) is 0 Å². The molecule has 3 heterocycles. The molecule has 0 spiro atoms. The second kappa shape index (κ2) is 7.04. The molecule has 7 heteroatoms. The highest BCUT2D eigenvalue weighted by molar-refractivity contribution is 4.91. The summed E-state index contributed by atoms with van der Waals surface area (Å²) in [7, 11) is 2.03. The first-order valence-electron chi connectivity index (χ1n) is 7.77. The van der Waals surface area contributed by atoms with E-state index >= 15 is 0 Å². The second-order valence-electron chi connectivity index (χ2n) is 5.91. The second-order valence-corrected chi connectivity index (χ2v) is 5.91. The first-order chi connectivity index (χ1) is 10.7. The van der Waals surface area contributed by atoms with Crippen molar-refractivity contribution in [1.29, 1.82) is 0 Å². The van der Waals surface area contributed by atoms with Gasteiger partial charge in [-0.15, -0.1) is 0 Å². The van der Waals surface area contributed by atoms with Gasteiger partial charge in [0, 0.05) is 64.6 Å². The average Bonchev–Trinajstić information content (AvgIpc) is 3.14. The molecular weight excluding hydrogens is 280 g/mol. The molecule has 22 heavy (non-hydrogen) atoms. The number of nitrogens with zero attached hydrogens (tertiary/aromatic N) is 6. The number of aliphatic hydroxyl groups is 1. The molecule has 1 N–H and O–H groups in total. The summed E-state index contributed by atoms with van der Waals surface area (Å²) in [6.07, 6.45) is 7.08. The zero-order chi connectivity index (χ0) is 15.4. The topological polar surface area (TPSA) is 62.4 Å². The molecule has 0 aromatic carbocycles. The van der Waals surface area contributed by atoms with Crippen LogP contribution >= 0.6 is 0 Å². The summed E-state index contributed by atoms with van der Waals surface area (Å²) in [5.74, 6) is 1.10. The van der Waals surface area contributed by atoms with Gasteiger partial charge in [0.15, 0.2) is 0 Å². The lowest BCUT2D eigenvalue weighted by Crippen LogP contribution is -2.48. The molecule has 0 bridgehead atoms. The highest BCUT2D eigenvalue weighted by atomic mass is 16.3. The number of aliphatic hydroxyl groups excluding tert-OH is 1. The smallest absolute Gasteiger partial charge is 0.122 e. The summed E-state index contributed by atoms with van der Waals surface area (Å²) in [5, 5.41) is 14.3. The predicted octanol–water partition coefficient (Wildman–Crippen LogP) is -0.205. The van der Waals surface area contributed by atoms with Crippen molar-refractivity contribution < 1.29 is 5.11 Å². The van der Waals surface area contributed by atoms with Gasteiger partial charge < -0.3 is 9.67 Å². The molecular formula is C15H24N6O. The van der Waals surface area contributed by atoms with Gasteiger partial charge in [-0.05, 0) is 6.07 Å². The van der Waals surface area contributed by atoms with Gasteiger partial charge in [-0.2, -0.15) is 5.10 Å². The van der Waals surface area contributed by atoms with Crippen molar-refractivity contribution in [3.63, 3.8) is 0 Å².